The van der Waals surface area contributed by atoms with Crippen molar-refractivity contribution in [1.82, 2.24) is 15.5 Å². The van der Waals surface area contributed by atoms with Gasteiger partial charge in [-0.2, -0.15) is 0 Å². The van der Waals surface area contributed by atoms with Gasteiger partial charge in [0.25, 0.3) is 0 Å². The van der Waals surface area contributed by atoms with Gasteiger partial charge < -0.3 is 41.7 Å². The van der Waals surface area contributed by atoms with Crippen LogP contribution >= 0.6 is 0 Å². The molecule has 5 unspecified atom stereocenters. The molecule has 0 aliphatic carbocycles. The number of hydrogen-bond acceptors (Lipinski definition) is 8. The van der Waals surface area contributed by atoms with Crippen molar-refractivity contribution in [1.29, 1.82) is 0 Å². The van der Waals surface area contributed by atoms with Gasteiger partial charge in [-0.15, -0.1) is 0 Å². The maximum Gasteiger partial charge on any atom is 0.326 e. The number of amides is 3. The van der Waals surface area contributed by atoms with Gasteiger partial charge in [0, 0.05) is 13.0 Å². The third-order valence-corrected chi connectivity index (χ3v) is 5.61. The number of nitrogens with one attached hydrogen (secondary N) is 2. The van der Waals surface area contributed by atoms with E-state index in [-0.39, 0.29) is 25.1 Å². The Morgan fingerprint density at radius 2 is 1.74 bits per heavy atom. The molecule has 8 N–H and O–H groups in total. The van der Waals surface area contributed by atoms with Gasteiger partial charge in [-0.3, -0.25) is 19.2 Å². The lowest BCUT2D eigenvalue weighted by molar-refractivity contribution is -0.146. The number of carbonyl (C=O) groups excluding carboxylic acids is 3. The van der Waals surface area contributed by atoms with Crippen molar-refractivity contribution in [2.45, 2.75) is 62.9 Å². The van der Waals surface area contributed by atoms with Gasteiger partial charge in [-0.1, -0.05) is 12.1 Å². The zero-order valence-corrected chi connectivity index (χ0v) is 19.1. The number of aliphatic carboxylic acids is 2. The van der Waals surface area contributed by atoms with Crippen LogP contribution in [0, 0.1) is 0 Å². The van der Waals surface area contributed by atoms with Crippen LogP contribution in [-0.4, -0.2) is 91.8 Å². The molecule has 192 valence electrons. The summed E-state index contributed by atoms with van der Waals surface area (Å²) in [6.07, 6.45) is -1.45. The number of phenolic OH excluding ortho intramolecular Hbond substituents is 1. The molecule has 1 aromatic rings. The summed E-state index contributed by atoms with van der Waals surface area (Å²) in [6.45, 7) is 1.38. The molecule has 0 aromatic heterocycles. The van der Waals surface area contributed by atoms with Crippen LogP contribution in [0.5, 0.6) is 5.75 Å². The second-order valence-corrected chi connectivity index (χ2v) is 8.39. The number of aliphatic hydroxyl groups excluding tert-OH is 1. The van der Waals surface area contributed by atoms with Crippen LogP contribution in [0.2, 0.25) is 0 Å². The van der Waals surface area contributed by atoms with Crippen molar-refractivity contribution >= 4 is 29.7 Å². The van der Waals surface area contributed by atoms with Crippen LogP contribution < -0.4 is 16.4 Å². The van der Waals surface area contributed by atoms with E-state index in [1.54, 1.807) is 0 Å². The predicted molar refractivity (Wildman–Crippen MR) is 120 cm³/mol. The number of aromatic hydroxyl groups is 1. The van der Waals surface area contributed by atoms with Gasteiger partial charge in [0.1, 0.15) is 23.9 Å². The molecule has 1 heterocycles. The van der Waals surface area contributed by atoms with Gasteiger partial charge in [-0.05, 0) is 37.5 Å². The van der Waals surface area contributed by atoms with Crippen LogP contribution in [0.25, 0.3) is 0 Å². The zero-order chi connectivity index (χ0) is 26.3. The summed E-state index contributed by atoms with van der Waals surface area (Å²) in [5.74, 6) is -5.03. The quantitative estimate of drug-likeness (QED) is 0.182. The number of phenols is 1. The van der Waals surface area contributed by atoms with E-state index in [9.17, 15) is 39.3 Å². The molecule has 2 rings (SSSR count). The highest BCUT2D eigenvalue weighted by Crippen LogP contribution is 2.20. The van der Waals surface area contributed by atoms with Gasteiger partial charge >= 0.3 is 11.9 Å². The Balaban J connectivity index is 2.11. The van der Waals surface area contributed by atoms with Gasteiger partial charge in [0.05, 0.1) is 18.6 Å². The molecule has 1 fully saturated rings. The summed E-state index contributed by atoms with van der Waals surface area (Å²) in [5, 5.41) is 42.4. The second kappa shape index (κ2) is 12.1. The van der Waals surface area contributed by atoms with E-state index in [2.05, 4.69) is 10.6 Å². The summed E-state index contributed by atoms with van der Waals surface area (Å²) in [6, 6.07) is 0.557. The van der Waals surface area contributed by atoms with Gasteiger partial charge in [0.15, 0.2) is 0 Å². The van der Waals surface area contributed by atoms with Crippen molar-refractivity contribution in [3.8, 4) is 5.75 Å². The van der Waals surface area contributed by atoms with Crippen molar-refractivity contribution in [2.75, 3.05) is 6.54 Å². The number of aliphatic hydroxyl groups is 1. The molecule has 1 aliphatic rings. The number of carbonyl (C=O) groups is 5. The molecule has 0 spiro atoms. The van der Waals surface area contributed by atoms with Crippen molar-refractivity contribution in [2.24, 2.45) is 5.73 Å². The first-order valence-electron chi connectivity index (χ1n) is 11.0. The van der Waals surface area contributed by atoms with E-state index in [1.165, 1.54) is 31.2 Å². The Morgan fingerprint density at radius 3 is 2.29 bits per heavy atom. The zero-order valence-electron chi connectivity index (χ0n) is 19.1. The van der Waals surface area contributed by atoms with E-state index >= 15 is 0 Å². The first kappa shape index (κ1) is 27.5. The minimum absolute atomic E-state index is 0.00782. The lowest BCUT2D eigenvalue weighted by Gasteiger charge is -2.31. The number of carboxylic acid groups (broad SMARTS) is 2. The fourth-order valence-corrected chi connectivity index (χ4v) is 3.75. The molecule has 5 atom stereocenters. The summed E-state index contributed by atoms with van der Waals surface area (Å²) in [7, 11) is 0. The molecule has 13 nitrogen and oxygen atoms in total. The Morgan fingerprint density at radius 1 is 1.11 bits per heavy atom. The number of nitrogens with zero attached hydrogens (tertiary/aromatic N) is 1. The molecular formula is C22H30N4O9. The number of carboxylic acids is 2. The number of rotatable bonds is 11. The molecule has 1 saturated heterocycles. The monoisotopic (exact) mass is 494 g/mol. The summed E-state index contributed by atoms with van der Waals surface area (Å²) in [4.78, 5) is 61.9. The number of likely N-dealkylation sites (tertiary alicyclic amines) is 1. The fourth-order valence-electron chi connectivity index (χ4n) is 3.75. The molecule has 1 aromatic carbocycles. The molecule has 0 bridgehead atoms. The lowest BCUT2D eigenvalue weighted by Crippen LogP contribution is -2.59. The summed E-state index contributed by atoms with van der Waals surface area (Å²) < 4.78 is 0. The first-order chi connectivity index (χ1) is 16.4. The van der Waals surface area contributed by atoms with E-state index < -0.39 is 66.4 Å². The second-order valence-electron chi connectivity index (χ2n) is 8.39. The van der Waals surface area contributed by atoms with Crippen LogP contribution in [0.15, 0.2) is 24.3 Å². The molecule has 0 saturated carbocycles. The average Bonchev–Trinajstić information content (AvgIpc) is 3.27. The van der Waals surface area contributed by atoms with Gasteiger partial charge in [-0.25, -0.2) is 4.79 Å². The van der Waals surface area contributed by atoms with Crippen LogP contribution in [0.1, 0.15) is 31.7 Å². The Bertz CT molecular complexity index is 951. The van der Waals surface area contributed by atoms with Crippen LogP contribution in [0.3, 0.4) is 0 Å². The van der Waals surface area contributed by atoms with Crippen LogP contribution in [-0.2, 0) is 30.4 Å². The number of hydrogen-bond donors (Lipinski definition) is 7. The maximum absolute atomic E-state index is 13.1. The normalized spacial score (nSPS) is 18.7. The minimum atomic E-state index is -1.48. The highest BCUT2D eigenvalue weighted by molar-refractivity contribution is 5.95. The average molecular weight is 495 g/mol. The molecule has 13 heteroatoms. The molecule has 0 radical (unpaired) electrons. The molecular weight excluding hydrogens is 464 g/mol. The van der Waals surface area contributed by atoms with E-state index in [0.29, 0.717) is 12.0 Å². The third kappa shape index (κ3) is 7.65. The van der Waals surface area contributed by atoms with E-state index in [0.717, 1.165) is 4.90 Å². The van der Waals surface area contributed by atoms with Crippen molar-refractivity contribution < 1.29 is 44.4 Å². The summed E-state index contributed by atoms with van der Waals surface area (Å²) >= 11 is 0. The first-order valence-corrected chi connectivity index (χ1v) is 11.0. The van der Waals surface area contributed by atoms with Gasteiger partial charge in [0.2, 0.25) is 17.7 Å². The summed E-state index contributed by atoms with van der Waals surface area (Å²) in [5.41, 5.74) is 6.08. The highest BCUT2D eigenvalue weighted by atomic mass is 16.4. The molecule has 3 amide bonds. The Labute approximate surface area is 200 Å². The topological polar surface area (TPSA) is 220 Å². The smallest absolute Gasteiger partial charge is 0.326 e. The Hall–Kier alpha value is -3.71. The molecule has 1 aliphatic heterocycles. The lowest BCUT2D eigenvalue weighted by atomic mass is 10.0. The molecule has 35 heavy (non-hydrogen) atoms. The largest absolute Gasteiger partial charge is 0.508 e. The maximum atomic E-state index is 13.1. The highest BCUT2D eigenvalue weighted by Gasteiger charge is 2.40. The standard InChI is InChI=1S/C22H30N4O9/c1-11(27)18(25-19(31)14(23)10-17(29)30)21(33)26-8-2-3-16(26)20(32)24-15(22(34)35)9-12-4-6-13(28)7-5-12/h4-7,11,14-16,18,27-28H,2-3,8-10,23H2,1H3,(H,24,32)(H,25,31)(H,29,30)(H,34,35). The van der Waals surface area contributed by atoms with E-state index in [1.807, 2.05) is 0 Å². The SMILES string of the molecule is CC(O)C(NC(=O)C(N)CC(=O)O)C(=O)N1CCCC1C(=O)NC(Cc1ccc(O)cc1)C(=O)O. The van der Waals surface area contributed by atoms with Crippen molar-refractivity contribution in [3.63, 3.8) is 0 Å². The fraction of sp³-hybridized carbons (Fsp3) is 0.500. The number of benzene rings is 1. The predicted octanol–water partition coefficient (Wildman–Crippen LogP) is -1.84. The van der Waals surface area contributed by atoms with E-state index in [4.69, 9.17) is 10.8 Å². The van der Waals surface area contributed by atoms with Crippen LogP contribution in [0.4, 0.5) is 0 Å². The minimum Gasteiger partial charge on any atom is -0.508 e. The Kier molecular flexibility index (Phi) is 9.54. The number of nitrogens with two attached hydrogens (primary N) is 1. The third-order valence-electron chi connectivity index (χ3n) is 5.61. The van der Waals surface area contributed by atoms with Crippen molar-refractivity contribution in [3.05, 3.63) is 29.8 Å².